The van der Waals surface area contributed by atoms with E-state index in [0.29, 0.717) is 0 Å². The van der Waals surface area contributed by atoms with E-state index in [1.54, 1.807) is 0 Å². The molecule has 0 rings (SSSR count). The average Bonchev–Trinajstić information content (AvgIpc) is 1.27. The summed E-state index contributed by atoms with van der Waals surface area (Å²) in [6.07, 6.45) is -1.71. The number of rotatable bonds is 1. The first kappa shape index (κ1) is 16.7. The molecule has 0 heterocycles. The van der Waals surface area contributed by atoms with Gasteiger partial charge in [0.05, 0.1) is 0 Å². The fraction of sp³-hybridized carbons (Fsp3) is 0. The average molecular weight is 154 g/mol. The Morgan fingerprint density at radius 3 is 1.67 bits per heavy atom. The molecule has 8 heteroatoms. The molecule has 44 valence electrons. The van der Waals surface area contributed by atoms with Gasteiger partial charge in [-0.1, -0.05) is 0 Å². The monoisotopic (exact) mass is 154 g/mol. The Bertz CT molecular complexity index is 75.4. The second-order valence-corrected chi connectivity index (χ2v) is 0.710. The van der Waals surface area contributed by atoms with Crippen LogP contribution in [-0.2, 0) is 4.65 Å². The molecule has 0 aromatic carbocycles. The molecule has 0 aliphatic rings. The van der Waals surface area contributed by atoms with Crippen LogP contribution in [0.1, 0.15) is 0 Å². The van der Waals surface area contributed by atoms with Gasteiger partial charge >= 0.3 is 72.6 Å². The molecule has 0 spiro atoms. The van der Waals surface area contributed by atoms with Crippen LogP contribution in [0.5, 0.6) is 0 Å². The zero-order valence-electron chi connectivity index (χ0n) is 3.24. The van der Waals surface area contributed by atoms with Crippen LogP contribution in [-0.4, -0.2) is 87.7 Å². The van der Waals surface area contributed by atoms with E-state index in [9.17, 15) is 4.79 Å². The first-order valence-electron chi connectivity index (χ1n) is 1.38. The molecule has 0 bridgehead atoms. The van der Waals surface area contributed by atoms with Gasteiger partial charge in [-0.3, -0.25) is 0 Å². The molecule has 0 aromatic rings. The Morgan fingerprint density at radius 1 is 1.33 bits per heavy atom. The maximum absolute atomic E-state index is 9.27. The quantitative estimate of drug-likeness (QED) is 0.359. The van der Waals surface area contributed by atoms with Crippen LogP contribution in [0, 0.1) is 0 Å². The first-order chi connectivity index (χ1) is 3.13. The van der Waals surface area contributed by atoms with E-state index in [-0.39, 0.29) is 59.1 Å². The van der Waals surface area contributed by atoms with E-state index < -0.39 is 13.5 Å². The third kappa shape index (κ3) is 17.6. The second kappa shape index (κ2) is 9.25. The van der Waals surface area contributed by atoms with Gasteiger partial charge in [-0.2, -0.15) is 0 Å². The molecule has 3 N–H and O–H groups in total. The summed E-state index contributed by atoms with van der Waals surface area (Å²) >= 11 is 0. The third-order valence-corrected chi connectivity index (χ3v) is 0.206. The molecule has 0 fully saturated rings. The van der Waals surface area contributed by atoms with Crippen molar-refractivity contribution < 1.29 is 24.6 Å². The number of carbonyl (C=O) groups is 1. The van der Waals surface area contributed by atoms with E-state index >= 15 is 0 Å². The van der Waals surface area contributed by atoms with E-state index in [1.165, 1.54) is 0 Å². The standard InChI is InChI=1S/CH3BO5.2Na.2H/c3-1(4)7-2(5)6;;;;/h5-6H,(H,3,4);;;;. The Balaban J connectivity index is -0.000000180. The van der Waals surface area contributed by atoms with Crippen LogP contribution in [0.4, 0.5) is 4.79 Å². The summed E-state index contributed by atoms with van der Waals surface area (Å²) in [5.41, 5.74) is 0. The van der Waals surface area contributed by atoms with Gasteiger partial charge in [-0.15, -0.1) is 0 Å². The summed E-state index contributed by atoms with van der Waals surface area (Å²) in [5, 5.41) is 22.9. The zero-order valence-corrected chi connectivity index (χ0v) is 3.24. The molecule has 9 heavy (non-hydrogen) atoms. The second-order valence-electron chi connectivity index (χ2n) is 0.710. The fourth-order valence-corrected chi connectivity index (χ4v) is 0.0902. The van der Waals surface area contributed by atoms with Crippen LogP contribution < -0.4 is 0 Å². The molecular weight excluding hydrogens is 149 g/mol. The summed E-state index contributed by atoms with van der Waals surface area (Å²) < 4.78 is 3.28. The normalized spacial score (nSPS) is 6.00. The topological polar surface area (TPSA) is 87.0 Å². The third-order valence-electron chi connectivity index (χ3n) is 0.206. The fourth-order valence-electron chi connectivity index (χ4n) is 0.0902. The molecule has 0 aromatic heterocycles. The van der Waals surface area contributed by atoms with Gasteiger partial charge in [-0.05, 0) is 0 Å². The molecule has 0 aliphatic carbocycles. The number of hydrogen-bond acceptors (Lipinski definition) is 4. The van der Waals surface area contributed by atoms with Crippen LogP contribution in [0.2, 0.25) is 0 Å². The predicted octanol–water partition coefficient (Wildman–Crippen LogP) is -2.65. The summed E-state index contributed by atoms with van der Waals surface area (Å²) in [4.78, 5) is 9.27. The minimum atomic E-state index is -2.22. The van der Waals surface area contributed by atoms with E-state index in [1.807, 2.05) is 0 Å². The zero-order chi connectivity index (χ0) is 5.86. The van der Waals surface area contributed by atoms with Crippen molar-refractivity contribution >= 4 is 72.6 Å². The summed E-state index contributed by atoms with van der Waals surface area (Å²) in [5.74, 6) is 0. The predicted molar refractivity (Wildman–Crippen MR) is 33.6 cm³/mol. The SMILES string of the molecule is O=C(O)OB(O)O.[NaH].[NaH]. The number of hydrogen-bond donors (Lipinski definition) is 3. The van der Waals surface area contributed by atoms with Crippen molar-refractivity contribution in [1.29, 1.82) is 0 Å². The molecule has 0 aliphatic heterocycles. The number of carboxylic acid groups (broad SMARTS) is 1. The summed E-state index contributed by atoms with van der Waals surface area (Å²) in [6, 6.07) is 0. The maximum atomic E-state index is 9.27. The Kier molecular flexibility index (Phi) is 17.2. The van der Waals surface area contributed by atoms with Gasteiger partial charge in [0.15, 0.2) is 0 Å². The van der Waals surface area contributed by atoms with Gasteiger partial charge in [-0.25, -0.2) is 4.79 Å². The van der Waals surface area contributed by atoms with Crippen LogP contribution >= 0.6 is 0 Å². The van der Waals surface area contributed by atoms with E-state index in [2.05, 4.69) is 4.65 Å². The molecule has 0 radical (unpaired) electrons. The van der Waals surface area contributed by atoms with Gasteiger partial charge in [0.2, 0.25) is 0 Å². The van der Waals surface area contributed by atoms with E-state index in [0.717, 1.165) is 0 Å². The first-order valence-corrected chi connectivity index (χ1v) is 1.38. The van der Waals surface area contributed by atoms with Crippen molar-refractivity contribution in [2.75, 3.05) is 0 Å². The van der Waals surface area contributed by atoms with Gasteiger partial charge in [0.1, 0.15) is 0 Å². The van der Waals surface area contributed by atoms with Crippen molar-refractivity contribution in [3.8, 4) is 0 Å². The van der Waals surface area contributed by atoms with Crippen molar-refractivity contribution in [2.24, 2.45) is 0 Å². The summed E-state index contributed by atoms with van der Waals surface area (Å²) in [6.45, 7) is 0. The Labute approximate surface area is 96.2 Å². The molecule has 5 nitrogen and oxygen atoms in total. The van der Waals surface area contributed by atoms with Gasteiger partial charge < -0.3 is 19.8 Å². The van der Waals surface area contributed by atoms with Crippen LogP contribution in [0.3, 0.4) is 0 Å². The molecule has 0 amide bonds. The van der Waals surface area contributed by atoms with Crippen molar-refractivity contribution in [3.63, 3.8) is 0 Å². The minimum absolute atomic E-state index is 0. The Morgan fingerprint density at radius 2 is 1.67 bits per heavy atom. The van der Waals surface area contributed by atoms with Gasteiger partial charge in [0.25, 0.3) is 0 Å². The van der Waals surface area contributed by atoms with Crippen molar-refractivity contribution in [3.05, 3.63) is 0 Å². The molecule has 0 atom stereocenters. The molecule has 0 unspecified atom stereocenters. The van der Waals surface area contributed by atoms with E-state index in [4.69, 9.17) is 15.2 Å². The van der Waals surface area contributed by atoms with Crippen LogP contribution in [0.25, 0.3) is 0 Å². The van der Waals surface area contributed by atoms with Gasteiger partial charge in [0, 0.05) is 0 Å². The summed E-state index contributed by atoms with van der Waals surface area (Å²) in [7, 11) is -2.22. The molecular formula is CH5BNa2O5. The van der Waals surface area contributed by atoms with Crippen LogP contribution in [0.15, 0.2) is 0 Å². The van der Waals surface area contributed by atoms with Crippen molar-refractivity contribution in [2.45, 2.75) is 0 Å². The Hall–Kier alpha value is 1.25. The molecule has 0 saturated carbocycles. The molecule has 0 saturated heterocycles. The van der Waals surface area contributed by atoms with Crippen molar-refractivity contribution in [1.82, 2.24) is 0 Å².